The Balaban J connectivity index is 1.79. The number of carbonyl (C=O) groups excluding carboxylic acids is 1. The van der Waals surface area contributed by atoms with Crippen molar-refractivity contribution in [2.45, 2.75) is 31.3 Å². The lowest BCUT2D eigenvalue weighted by molar-refractivity contribution is -0.119. The van der Waals surface area contributed by atoms with Gasteiger partial charge in [0.05, 0.1) is 5.75 Å². The number of carbonyl (C=O) groups is 1. The number of hydrogen-bond donors (Lipinski definition) is 1. The summed E-state index contributed by atoms with van der Waals surface area (Å²) in [5.41, 5.74) is 1.17. The van der Waals surface area contributed by atoms with Crippen molar-refractivity contribution < 1.29 is 4.79 Å². The first-order valence-electron chi connectivity index (χ1n) is 7.89. The van der Waals surface area contributed by atoms with E-state index < -0.39 is 0 Å². The number of amides is 1. The van der Waals surface area contributed by atoms with Gasteiger partial charge in [0.1, 0.15) is 16.2 Å². The minimum atomic E-state index is 0.0413. The SMILES string of the molecule is CCC(C)NC(=O)CSc1ncnc2sc(-c3ccccc3)cc12. The summed E-state index contributed by atoms with van der Waals surface area (Å²) in [6.07, 6.45) is 2.50. The molecule has 1 N–H and O–H groups in total. The van der Waals surface area contributed by atoms with Crippen LogP contribution in [-0.2, 0) is 4.79 Å². The van der Waals surface area contributed by atoms with Crippen LogP contribution in [0.2, 0.25) is 0 Å². The lowest BCUT2D eigenvalue weighted by Gasteiger charge is -2.10. The normalized spacial score (nSPS) is 12.2. The van der Waals surface area contributed by atoms with Gasteiger partial charge in [0.25, 0.3) is 0 Å². The summed E-state index contributed by atoms with van der Waals surface area (Å²) in [6, 6.07) is 12.6. The second kappa shape index (κ2) is 7.77. The fourth-order valence-corrected chi connectivity index (χ4v) is 4.10. The molecule has 2 aromatic heterocycles. The van der Waals surface area contributed by atoms with Gasteiger partial charge >= 0.3 is 0 Å². The molecule has 0 aliphatic heterocycles. The van der Waals surface area contributed by atoms with E-state index in [0.717, 1.165) is 26.5 Å². The topological polar surface area (TPSA) is 54.9 Å². The standard InChI is InChI=1S/C18H19N3OS2/c1-3-12(2)21-16(22)10-23-17-14-9-15(13-7-5-4-6-8-13)24-18(14)20-11-19-17/h4-9,11-12H,3,10H2,1-2H3,(H,21,22). The number of hydrogen-bond acceptors (Lipinski definition) is 5. The maximum absolute atomic E-state index is 12.0. The fourth-order valence-electron chi connectivity index (χ4n) is 2.25. The molecule has 1 atom stereocenters. The molecule has 124 valence electrons. The Morgan fingerprint density at radius 2 is 2.08 bits per heavy atom. The highest BCUT2D eigenvalue weighted by molar-refractivity contribution is 8.00. The first kappa shape index (κ1) is 16.9. The first-order chi connectivity index (χ1) is 11.7. The first-order valence-corrected chi connectivity index (χ1v) is 9.69. The number of benzene rings is 1. The summed E-state index contributed by atoms with van der Waals surface area (Å²) in [5.74, 6) is 0.409. The van der Waals surface area contributed by atoms with Crippen molar-refractivity contribution in [3.63, 3.8) is 0 Å². The van der Waals surface area contributed by atoms with Crippen LogP contribution in [-0.4, -0.2) is 27.7 Å². The third-order valence-corrected chi connectivity index (χ3v) is 5.81. The number of rotatable bonds is 6. The van der Waals surface area contributed by atoms with Crippen molar-refractivity contribution >= 4 is 39.2 Å². The van der Waals surface area contributed by atoms with E-state index in [2.05, 4.69) is 40.4 Å². The molecule has 0 saturated carbocycles. The summed E-state index contributed by atoms with van der Waals surface area (Å²) in [7, 11) is 0. The summed E-state index contributed by atoms with van der Waals surface area (Å²) < 4.78 is 0. The minimum Gasteiger partial charge on any atom is -0.353 e. The Labute approximate surface area is 149 Å². The summed E-state index contributed by atoms with van der Waals surface area (Å²) in [4.78, 5) is 22.8. The summed E-state index contributed by atoms with van der Waals surface area (Å²) in [5, 5.41) is 4.85. The Morgan fingerprint density at radius 1 is 1.29 bits per heavy atom. The third-order valence-electron chi connectivity index (χ3n) is 3.71. The van der Waals surface area contributed by atoms with Gasteiger partial charge in [0.15, 0.2) is 0 Å². The van der Waals surface area contributed by atoms with Crippen LogP contribution in [0.1, 0.15) is 20.3 Å². The van der Waals surface area contributed by atoms with Gasteiger partial charge in [-0.2, -0.15) is 0 Å². The van der Waals surface area contributed by atoms with Crippen LogP contribution in [0, 0.1) is 0 Å². The molecule has 0 saturated heterocycles. The van der Waals surface area contributed by atoms with Crippen LogP contribution < -0.4 is 5.32 Å². The zero-order valence-corrected chi connectivity index (χ0v) is 15.3. The molecular formula is C18H19N3OS2. The van der Waals surface area contributed by atoms with E-state index in [9.17, 15) is 4.79 Å². The van der Waals surface area contributed by atoms with Crippen molar-refractivity contribution in [2.75, 3.05) is 5.75 Å². The molecule has 1 unspecified atom stereocenters. The summed E-state index contributed by atoms with van der Waals surface area (Å²) in [6.45, 7) is 4.07. The fraction of sp³-hybridized carbons (Fsp3) is 0.278. The van der Waals surface area contributed by atoms with Crippen molar-refractivity contribution in [1.29, 1.82) is 0 Å². The zero-order chi connectivity index (χ0) is 16.9. The molecule has 0 bridgehead atoms. The van der Waals surface area contributed by atoms with Gasteiger partial charge in [-0.25, -0.2) is 9.97 Å². The Bertz CT molecular complexity index is 833. The number of aromatic nitrogens is 2. The maximum atomic E-state index is 12.0. The van der Waals surface area contributed by atoms with Crippen molar-refractivity contribution in [1.82, 2.24) is 15.3 Å². The lowest BCUT2D eigenvalue weighted by Crippen LogP contribution is -2.33. The van der Waals surface area contributed by atoms with E-state index in [1.54, 1.807) is 17.7 Å². The van der Waals surface area contributed by atoms with Crippen molar-refractivity contribution in [3.05, 3.63) is 42.7 Å². The predicted molar refractivity (Wildman–Crippen MR) is 101 cm³/mol. The minimum absolute atomic E-state index is 0.0413. The van der Waals surface area contributed by atoms with Crippen molar-refractivity contribution in [2.24, 2.45) is 0 Å². The number of fused-ring (bicyclic) bond motifs is 1. The van der Waals surface area contributed by atoms with Gasteiger partial charge in [0, 0.05) is 16.3 Å². The van der Waals surface area contributed by atoms with Crippen LogP contribution in [0.4, 0.5) is 0 Å². The van der Waals surface area contributed by atoms with Crippen LogP contribution in [0.5, 0.6) is 0 Å². The molecule has 3 rings (SSSR count). The van der Waals surface area contributed by atoms with Gasteiger partial charge in [0.2, 0.25) is 5.91 Å². The van der Waals surface area contributed by atoms with Crippen LogP contribution >= 0.6 is 23.1 Å². The van der Waals surface area contributed by atoms with Gasteiger partial charge in [-0.3, -0.25) is 4.79 Å². The van der Waals surface area contributed by atoms with E-state index in [1.165, 1.54) is 17.3 Å². The molecule has 2 heterocycles. The van der Waals surface area contributed by atoms with Gasteiger partial charge in [-0.15, -0.1) is 11.3 Å². The Morgan fingerprint density at radius 3 is 2.83 bits per heavy atom. The van der Waals surface area contributed by atoms with Gasteiger partial charge in [-0.05, 0) is 25.0 Å². The van der Waals surface area contributed by atoms with E-state index in [4.69, 9.17) is 0 Å². The van der Waals surface area contributed by atoms with E-state index in [0.29, 0.717) is 5.75 Å². The van der Waals surface area contributed by atoms with Crippen LogP contribution in [0.3, 0.4) is 0 Å². The average Bonchev–Trinajstić information content (AvgIpc) is 3.05. The molecule has 3 aromatic rings. The molecule has 0 aliphatic carbocycles. The van der Waals surface area contributed by atoms with E-state index >= 15 is 0 Å². The third kappa shape index (κ3) is 3.94. The quantitative estimate of drug-likeness (QED) is 0.526. The number of thiophene rings is 1. The smallest absolute Gasteiger partial charge is 0.230 e. The molecule has 24 heavy (non-hydrogen) atoms. The number of thioether (sulfide) groups is 1. The highest BCUT2D eigenvalue weighted by atomic mass is 32.2. The van der Waals surface area contributed by atoms with Gasteiger partial charge < -0.3 is 5.32 Å². The molecule has 0 spiro atoms. The molecule has 1 aromatic carbocycles. The summed E-state index contributed by atoms with van der Waals surface area (Å²) >= 11 is 3.11. The van der Waals surface area contributed by atoms with Crippen molar-refractivity contribution in [3.8, 4) is 10.4 Å². The Kier molecular flexibility index (Phi) is 5.48. The molecular weight excluding hydrogens is 338 g/mol. The highest BCUT2D eigenvalue weighted by Gasteiger charge is 2.12. The van der Waals surface area contributed by atoms with Gasteiger partial charge in [-0.1, -0.05) is 49.0 Å². The van der Waals surface area contributed by atoms with E-state index in [1.807, 2.05) is 25.1 Å². The van der Waals surface area contributed by atoms with Crippen LogP contribution in [0.15, 0.2) is 47.8 Å². The molecule has 0 fully saturated rings. The average molecular weight is 358 g/mol. The largest absolute Gasteiger partial charge is 0.353 e. The highest BCUT2D eigenvalue weighted by Crippen LogP contribution is 2.35. The second-order valence-electron chi connectivity index (χ2n) is 5.54. The predicted octanol–water partition coefficient (Wildman–Crippen LogP) is 4.37. The molecule has 4 nitrogen and oxygen atoms in total. The number of nitrogens with one attached hydrogen (secondary N) is 1. The zero-order valence-electron chi connectivity index (χ0n) is 13.7. The molecule has 1 amide bonds. The number of nitrogens with zero attached hydrogens (tertiary/aromatic N) is 2. The molecule has 6 heteroatoms. The molecule has 0 radical (unpaired) electrons. The maximum Gasteiger partial charge on any atom is 0.230 e. The van der Waals surface area contributed by atoms with Crippen LogP contribution in [0.25, 0.3) is 20.7 Å². The lowest BCUT2D eigenvalue weighted by atomic mass is 10.2. The van der Waals surface area contributed by atoms with E-state index in [-0.39, 0.29) is 11.9 Å². The monoisotopic (exact) mass is 357 g/mol. The molecule has 0 aliphatic rings. The second-order valence-corrected chi connectivity index (χ2v) is 7.53. The Hall–Kier alpha value is -1.92.